The van der Waals surface area contributed by atoms with E-state index in [1.54, 1.807) is 0 Å². The summed E-state index contributed by atoms with van der Waals surface area (Å²) >= 11 is 0. The Kier molecular flexibility index (Phi) is 6.86. The minimum atomic E-state index is -0.178. The molecule has 0 bridgehead atoms. The second-order valence-corrected chi connectivity index (χ2v) is 7.15. The van der Waals surface area contributed by atoms with Crippen LogP contribution >= 0.6 is 0 Å². The molecule has 29 heavy (non-hydrogen) atoms. The lowest BCUT2D eigenvalue weighted by atomic mass is 9.99. The summed E-state index contributed by atoms with van der Waals surface area (Å²) < 4.78 is 7.02. The predicted molar refractivity (Wildman–Crippen MR) is 114 cm³/mol. The summed E-state index contributed by atoms with van der Waals surface area (Å²) in [4.78, 5) is 11.4. The maximum absolute atomic E-state index is 11.4. The Balaban J connectivity index is 1.78. The van der Waals surface area contributed by atoms with E-state index in [2.05, 4.69) is 54.1 Å². The molecule has 0 saturated carbocycles. The van der Waals surface area contributed by atoms with Crippen LogP contribution in [0.5, 0.6) is 0 Å². The first-order valence-corrected chi connectivity index (χ1v) is 9.97. The van der Waals surface area contributed by atoms with Crippen LogP contribution in [-0.2, 0) is 28.9 Å². The molecule has 4 nitrogen and oxygen atoms in total. The fourth-order valence-electron chi connectivity index (χ4n) is 3.54. The second-order valence-electron chi connectivity index (χ2n) is 7.15. The van der Waals surface area contributed by atoms with E-state index >= 15 is 0 Å². The van der Waals surface area contributed by atoms with Crippen LogP contribution < -0.4 is 0 Å². The monoisotopic (exact) mass is 386 g/mol. The number of hydrogen-bond acceptors (Lipinski definition) is 3. The number of carbonyl (C=O) groups excluding carboxylic acids is 1. The normalized spacial score (nSPS) is 10.5. The quantitative estimate of drug-likeness (QED) is 0.504. The molecule has 3 rings (SSSR count). The highest BCUT2D eigenvalue weighted by atomic mass is 16.5. The molecule has 0 saturated heterocycles. The molecule has 1 aromatic heterocycles. The molecule has 0 spiro atoms. The maximum Gasteiger partial charge on any atom is 0.305 e. The number of hydrogen-bond donors (Lipinski definition) is 0. The van der Waals surface area contributed by atoms with Gasteiger partial charge in [0.1, 0.15) is 0 Å². The second kappa shape index (κ2) is 9.75. The number of aromatic nitrogens is 1. The van der Waals surface area contributed by atoms with Crippen LogP contribution in [0, 0.1) is 11.3 Å². The van der Waals surface area contributed by atoms with Gasteiger partial charge in [-0.05, 0) is 47.2 Å². The van der Waals surface area contributed by atoms with Crippen molar-refractivity contribution < 1.29 is 9.53 Å². The standard InChI is InChI=1S/C25H26N2O2/c1-3-6-23-15-20(11-14-25(28)29-2)18-27(23)17-19-9-12-21(13-10-19)24-8-5-4-7-22(24)16-26/h4-5,7-10,12-13,15,18H,3,6,11,14,17H2,1-2H3. The molecule has 0 aliphatic rings. The van der Waals surface area contributed by atoms with Gasteiger partial charge in [0.05, 0.1) is 18.7 Å². The van der Waals surface area contributed by atoms with Crippen molar-refractivity contribution in [3.8, 4) is 17.2 Å². The van der Waals surface area contributed by atoms with Crippen molar-refractivity contribution in [1.82, 2.24) is 4.57 Å². The van der Waals surface area contributed by atoms with Crippen molar-refractivity contribution >= 4 is 5.97 Å². The zero-order chi connectivity index (χ0) is 20.6. The summed E-state index contributed by atoms with van der Waals surface area (Å²) in [6.45, 7) is 2.96. The van der Waals surface area contributed by atoms with Crippen LogP contribution in [0.2, 0.25) is 0 Å². The highest BCUT2D eigenvalue weighted by molar-refractivity contribution is 5.70. The van der Waals surface area contributed by atoms with Gasteiger partial charge in [-0.3, -0.25) is 4.79 Å². The van der Waals surface area contributed by atoms with Crippen molar-refractivity contribution in [3.05, 3.63) is 83.2 Å². The van der Waals surface area contributed by atoms with Gasteiger partial charge in [-0.1, -0.05) is 55.8 Å². The lowest BCUT2D eigenvalue weighted by Gasteiger charge is -2.10. The van der Waals surface area contributed by atoms with Crippen molar-refractivity contribution in [2.24, 2.45) is 0 Å². The first kappa shape index (κ1) is 20.4. The van der Waals surface area contributed by atoms with Crippen LogP contribution in [0.4, 0.5) is 0 Å². The Bertz CT molecular complexity index is 1010. The van der Waals surface area contributed by atoms with Crippen LogP contribution in [-0.4, -0.2) is 17.6 Å². The van der Waals surface area contributed by atoms with Gasteiger partial charge in [-0.25, -0.2) is 0 Å². The minimum absolute atomic E-state index is 0.178. The summed E-state index contributed by atoms with van der Waals surface area (Å²) in [6, 6.07) is 20.5. The van der Waals surface area contributed by atoms with Crippen LogP contribution in [0.25, 0.3) is 11.1 Å². The van der Waals surface area contributed by atoms with Gasteiger partial charge in [0.2, 0.25) is 0 Å². The topological polar surface area (TPSA) is 55.0 Å². The number of carbonyl (C=O) groups is 1. The zero-order valence-corrected chi connectivity index (χ0v) is 17.0. The maximum atomic E-state index is 11.4. The van der Waals surface area contributed by atoms with E-state index in [9.17, 15) is 10.1 Å². The van der Waals surface area contributed by atoms with Crippen molar-refractivity contribution in [1.29, 1.82) is 5.26 Å². The molecule has 148 valence electrons. The van der Waals surface area contributed by atoms with Gasteiger partial charge in [-0.2, -0.15) is 5.26 Å². The van der Waals surface area contributed by atoms with Crippen LogP contribution in [0.3, 0.4) is 0 Å². The summed E-state index contributed by atoms with van der Waals surface area (Å²) in [5.74, 6) is -0.178. The van der Waals surface area contributed by atoms with E-state index in [1.165, 1.54) is 23.9 Å². The fraction of sp³-hybridized carbons (Fsp3) is 0.280. The molecule has 0 atom stereocenters. The lowest BCUT2D eigenvalue weighted by molar-refractivity contribution is -0.140. The first-order chi connectivity index (χ1) is 14.1. The Morgan fingerprint density at radius 2 is 1.83 bits per heavy atom. The van der Waals surface area contributed by atoms with Crippen molar-refractivity contribution in [2.45, 2.75) is 39.2 Å². The first-order valence-electron chi connectivity index (χ1n) is 9.97. The largest absolute Gasteiger partial charge is 0.469 e. The number of ether oxygens (including phenoxy) is 1. The van der Waals surface area contributed by atoms with E-state index < -0.39 is 0 Å². The molecule has 0 radical (unpaired) electrons. The smallest absolute Gasteiger partial charge is 0.305 e. The zero-order valence-electron chi connectivity index (χ0n) is 17.0. The lowest BCUT2D eigenvalue weighted by Crippen LogP contribution is -2.03. The third kappa shape index (κ3) is 5.14. The molecule has 0 fully saturated rings. The molecular formula is C25H26N2O2. The average molecular weight is 386 g/mol. The average Bonchev–Trinajstić information content (AvgIpc) is 3.14. The molecule has 0 amide bonds. The van der Waals surface area contributed by atoms with Crippen molar-refractivity contribution in [2.75, 3.05) is 7.11 Å². The van der Waals surface area contributed by atoms with Crippen LogP contribution in [0.1, 0.15) is 42.1 Å². The van der Waals surface area contributed by atoms with Gasteiger partial charge < -0.3 is 9.30 Å². The molecule has 0 aliphatic heterocycles. The number of esters is 1. The number of rotatable bonds is 8. The highest BCUT2D eigenvalue weighted by Crippen LogP contribution is 2.24. The molecule has 0 unspecified atom stereocenters. The Labute approximate surface area is 172 Å². The van der Waals surface area contributed by atoms with E-state index in [0.29, 0.717) is 18.4 Å². The third-order valence-electron chi connectivity index (χ3n) is 5.06. The van der Waals surface area contributed by atoms with Crippen molar-refractivity contribution in [3.63, 3.8) is 0 Å². The van der Waals surface area contributed by atoms with Gasteiger partial charge in [0.25, 0.3) is 0 Å². The van der Waals surface area contributed by atoms with Gasteiger partial charge in [0, 0.05) is 24.9 Å². The molecule has 1 heterocycles. The fourth-order valence-corrected chi connectivity index (χ4v) is 3.54. The number of methoxy groups -OCH3 is 1. The number of nitrogens with zero attached hydrogens (tertiary/aromatic N) is 2. The number of aryl methyl sites for hydroxylation is 2. The van der Waals surface area contributed by atoms with E-state index in [-0.39, 0.29) is 5.97 Å². The van der Waals surface area contributed by atoms with Gasteiger partial charge >= 0.3 is 5.97 Å². The van der Waals surface area contributed by atoms with Gasteiger partial charge in [0.15, 0.2) is 0 Å². The highest BCUT2D eigenvalue weighted by Gasteiger charge is 2.09. The van der Waals surface area contributed by atoms with E-state index in [1.807, 2.05) is 24.3 Å². The molecule has 0 aliphatic carbocycles. The number of benzene rings is 2. The SMILES string of the molecule is CCCc1cc(CCC(=O)OC)cn1Cc1ccc(-c2ccccc2C#N)cc1. The Morgan fingerprint density at radius 1 is 1.07 bits per heavy atom. The molecule has 4 heteroatoms. The summed E-state index contributed by atoms with van der Waals surface area (Å²) in [5, 5.41) is 9.32. The Morgan fingerprint density at radius 3 is 2.52 bits per heavy atom. The van der Waals surface area contributed by atoms with E-state index in [4.69, 9.17) is 4.74 Å². The summed E-state index contributed by atoms with van der Waals surface area (Å²) in [5.41, 5.74) is 6.34. The summed E-state index contributed by atoms with van der Waals surface area (Å²) in [7, 11) is 1.43. The number of nitriles is 1. The Hall–Kier alpha value is -3.32. The van der Waals surface area contributed by atoms with Gasteiger partial charge in [-0.15, -0.1) is 0 Å². The minimum Gasteiger partial charge on any atom is -0.469 e. The third-order valence-corrected chi connectivity index (χ3v) is 5.06. The summed E-state index contributed by atoms with van der Waals surface area (Å²) in [6.07, 6.45) is 5.32. The molecule has 2 aromatic carbocycles. The molecular weight excluding hydrogens is 360 g/mol. The van der Waals surface area contributed by atoms with Crippen LogP contribution in [0.15, 0.2) is 60.8 Å². The predicted octanol–water partition coefficient (Wildman–Crippen LogP) is 5.13. The molecule has 3 aromatic rings. The molecule has 0 N–H and O–H groups in total. The van der Waals surface area contributed by atoms with E-state index in [0.717, 1.165) is 30.5 Å².